The number of hydrogen-bond donors (Lipinski definition) is 4. The summed E-state index contributed by atoms with van der Waals surface area (Å²) < 4.78 is 55.2. The Morgan fingerprint density at radius 2 is 1.90 bits per heavy atom. The SMILES string of the molecule is CCNC(=O)Nc1ncnc2c1ncn2[C@@H]1O[C@H](COP(=O)([O-])OP(=O)([O-])CC2CCNC(C(=O)O)C2)C2OC(Cc3ccccc3)O[C@@H]21. The van der Waals surface area contributed by atoms with E-state index in [0.29, 0.717) is 19.4 Å². The van der Waals surface area contributed by atoms with Crippen LogP contribution in [0.3, 0.4) is 0 Å². The van der Waals surface area contributed by atoms with Gasteiger partial charge >= 0.3 is 12.0 Å². The van der Waals surface area contributed by atoms with Crippen LogP contribution in [0.4, 0.5) is 10.6 Å². The van der Waals surface area contributed by atoms with Crippen LogP contribution in [0.1, 0.15) is 31.6 Å². The molecule has 49 heavy (non-hydrogen) atoms. The minimum atomic E-state index is -5.44. The number of hydrogen-bond acceptors (Lipinski definition) is 15. The molecule has 0 bridgehead atoms. The van der Waals surface area contributed by atoms with Crippen molar-refractivity contribution in [3.63, 3.8) is 0 Å². The number of carbonyl (C=O) groups is 2. The lowest BCUT2D eigenvalue weighted by Crippen LogP contribution is -2.44. The number of piperidine rings is 1. The van der Waals surface area contributed by atoms with Crippen LogP contribution < -0.4 is 25.7 Å². The molecular weight excluding hydrogens is 688 g/mol. The first-order chi connectivity index (χ1) is 23.4. The molecule has 9 atom stereocenters. The number of nitrogens with zero attached hydrogens (tertiary/aromatic N) is 4. The molecular formula is C28H35N7O12P2-2. The lowest BCUT2D eigenvalue weighted by molar-refractivity contribution is -0.235. The number of aliphatic carboxylic acids is 1. The Bertz CT molecular complexity index is 1750. The molecule has 1 aromatic carbocycles. The topological polar surface area (TPSA) is 260 Å². The summed E-state index contributed by atoms with van der Waals surface area (Å²) in [4.78, 5) is 61.7. The van der Waals surface area contributed by atoms with Crippen molar-refractivity contribution in [2.45, 2.75) is 63.1 Å². The Morgan fingerprint density at radius 3 is 2.65 bits per heavy atom. The van der Waals surface area contributed by atoms with E-state index in [0.717, 1.165) is 5.56 Å². The molecule has 3 aliphatic rings. The molecule has 3 aromatic rings. The van der Waals surface area contributed by atoms with Crippen LogP contribution in [0.2, 0.25) is 0 Å². The van der Waals surface area contributed by atoms with Gasteiger partial charge in [-0.1, -0.05) is 30.3 Å². The molecule has 3 fully saturated rings. The highest BCUT2D eigenvalue weighted by molar-refractivity contribution is 7.62. The lowest BCUT2D eigenvalue weighted by Gasteiger charge is -2.36. The Labute approximate surface area is 279 Å². The molecule has 3 aliphatic heterocycles. The Balaban J connectivity index is 1.17. The normalized spacial score (nSPS) is 29.2. The predicted molar refractivity (Wildman–Crippen MR) is 165 cm³/mol. The standard InChI is InChI=1S/C28H37N7O12P2/c1-2-29-28(38)34-24-21-25(32-14-31-24)35(15-33-21)26-23-22(45-20(46-23)11-16-6-4-3-5-7-16)19(44-26)12-43-49(41,42)47-48(39,40)13-17-8-9-30-18(10-17)27(36)37/h3-7,14-15,17-20,22-23,26,30H,2,8-13H2,1H3,(H,36,37)(H,39,40)(H,41,42)(H2,29,31,32,34,38)/p-2/t17?,18?,19-,20?,22?,23+,26-/m1/s1. The molecule has 0 aliphatic carbocycles. The zero-order chi connectivity index (χ0) is 34.8. The van der Waals surface area contributed by atoms with Crippen LogP contribution in [0, 0.1) is 5.92 Å². The fourth-order valence-electron chi connectivity index (χ4n) is 6.14. The third kappa shape index (κ3) is 8.52. The van der Waals surface area contributed by atoms with Crippen molar-refractivity contribution < 1.29 is 56.7 Å². The Hall–Kier alpha value is -3.35. The fraction of sp³-hybridized carbons (Fsp3) is 0.536. The number of fused-ring (bicyclic) bond motifs is 2. The van der Waals surface area contributed by atoms with Gasteiger partial charge in [-0.15, -0.1) is 0 Å². The van der Waals surface area contributed by atoms with Crippen LogP contribution in [0.5, 0.6) is 0 Å². The first-order valence-electron chi connectivity index (χ1n) is 15.6. The molecule has 21 heteroatoms. The van der Waals surface area contributed by atoms with Gasteiger partial charge in [0.05, 0.1) is 12.9 Å². The lowest BCUT2D eigenvalue weighted by atomic mass is 9.94. The molecule has 3 saturated heterocycles. The molecule has 4 N–H and O–H groups in total. The van der Waals surface area contributed by atoms with E-state index >= 15 is 0 Å². The van der Waals surface area contributed by atoms with E-state index in [2.05, 4.69) is 35.2 Å². The first-order valence-corrected chi connectivity index (χ1v) is 18.8. The smallest absolute Gasteiger partial charge is 0.320 e. The van der Waals surface area contributed by atoms with Gasteiger partial charge in [0, 0.05) is 19.1 Å². The van der Waals surface area contributed by atoms with E-state index in [1.165, 1.54) is 17.2 Å². The zero-order valence-corrected chi connectivity index (χ0v) is 27.9. The summed E-state index contributed by atoms with van der Waals surface area (Å²) in [7, 11) is -10.4. The van der Waals surface area contributed by atoms with E-state index in [1.54, 1.807) is 6.92 Å². The van der Waals surface area contributed by atoms with E-state index in [4.69, 9.17) is 18.7 Å². The Morgan fingerprint density at radius 1 is 1.12 bits per heavy atom. The molecule has 2 amide bonds. The van der Waals surface area contributed by atoms with E-state index in [-0.39, 0.29) is 29.9 Å². The maximum absolute atomic E-state index is 12.8. The highest BCUT2D eigenvalue weighted by Crippen LogP contribution is 2.56. The summed E-state index contributed by atoms with van der Waals surface area (Å²) in [6, 6.07) is 7.97. The van der Waals surface area contributed by atoms with Gasteiger partial charge in [0.15, 0.2) is 29.5 Å². The second-order valence-electron chi connectivity index (χ2n) is 11.8. The maximum Gasteiger partial charge on any atom is 0.320 e. The van der Waals surface area contributed by atoms with Gasteiger partial charge in [0.25, 0.3) is 7.82 Å². The second kappa shape index (κ2) is 14.9. The zero-order valence-electron chi connectivity index (χ0n) is 26.2. The summed E-state index contributed by atoms with van der Waals surface area (Å²) in [6.07, 6.45) is -1.82. The van der Waals surface area contributed by atoms with Gasteiger partial charge in [0.2, 0.25) is 0 Å². The number of carbonyl (C=O) groups excluding carboxylic acids is 1. The number of benzene rings is 1. The highest BCUT2D eigenvalue weighted by Gasteiger charge is 2.54. The number of nitrogens with one attached hydrogen (secondary N) is 3. The molecule has 6 unspecified atom stereocenters. The van der Waals surface area contributed by atoms with Crippen LogP contribution in [0.25, 0.3) is 11.2 Å². The van der Waals surface area contributed by atoms with Crippen LogP contribution in [-0.2, 0) is 43.4 Å². The number of phosphoric acid groups is 1. The highest BCUT2D eigenvalue weighted by atomic mass is 31.3. The van der Waals surface area contributed by atoms with E-state index in [1.807, 2.05) is 30.3 Å². The number of anilines is 1. The molecule has 5 heterocycles. The van der Waals surface area contributed by atoms with Crippen molar-refractivity contribution in [1.82, 2.24) is 30.2 Å². The number of carboxylic acid groups (broad SMARTS) is 1. The predicted octanol–water partition coefficient (Wildman–Crippen LogP) is 0.726. The minimum absolute atomic E-state index is 0.00581. The molecule has 19 nitrogen and oxygen atoms in total. The molecule has 0 saturated carbocycles. The van der Waals surface area contributed by atoms with Crippen molar-refractivity contribution in [2.24, 2.45) is 5.92 Å². The first kappa shape index (κ1) is 35.5. The number of urea groups is 1. The van der Waals surface area contributed by atoms with Crippen molar-refractivity contribution >= 4 is 44.4 Å². The molecule has 0 spiro atoms. The third-order valence-electron chi connectivity index (χ3n) is 8.26. The number of ether oxygens (including phenoxy) is 3. The van der Waals surface area contributed by atoms with Crippen molar-refractivity contribution in [1.29, 1.82) is 0 Å². The summed E-state index contributed by atoms with van der Waals surface area (Å²) in [5, 5.41) is 17.2. The monoisotopic (exact) mass is 723 g/mol. The number of phosphoric ester groups is 1. The largest absolute Gasteiger partial charge is 0.778 e. The van der Waals surface area contributed by atoms with Crippen LogP contribution >= 0.6 is 15.4 Å². The van der Waals surface area contributed by atoms with Gasteiger partial charge in [-0.25, -0.2) is 19.7 Å². The van der Waals surface area contributed by atoms with Crippen molar-refractivity contribution in [3.05, 3.63) is 48.5 Å². The molecule has 2 aromatic heterocycles. The third-order valence-corrected chi connectivity index (χ3v) is 11.5. The number of amides is 2. The fourth-order valence-corrected chi connectivity index (χ4v) is 9.11. The summed E-state index contributed by atoms with van der Waals surface area (Å²) in [6.45, 7) is 1.72. The van der Waals surface area contributed by atoms with Gasteiger partial charge in [-0.2, -0.15) is 0 Å². The number of imidazole rings is 1. The number of carboxylic acids is 1. The Kier molecular flexibility index (Phi) is 10.8. The summed E-state index contributed by atoms with van der Waals surface area (Å²) in [5.74, 6) is -1.61. The number of rotatable bonds is 13. The summed E-state index contributed by atoms with van der Waals surface area (Å²) in [5.41, 5.74) is 1.45. The van der Waals surface area contributed by atoms with Crippen molar-refractivity contribution in [2.75, 3.05) is 31.2 Å². The number of aromatic nitrogens is 4. The molecule has 6 rings (SSSR count). The van der Waals surface area contributed by atoms with Gasteiger partial charge in [-0.3, -0.25) is 23.6 Å². The van der Waals surface area contributed by atoms with Crippen LogP contribution in [0.15, 0.2) is 43.0 Å². The van der Waals surface area contributed by atoms with Gasteiger partial charge in [0.1, 0.15) is 38.3 Å². The van der Waals surface area contributed by atoms with Crippen LogP contribution in [-0.4, -0.2) is 93.1 Å². The van der Waals surface area contributed by atoms with Crippen molar-refractivity contribution in [3.8, 4) is 0 Å². The quantitative estimate of drug-likeness (QED) is 0.177. The minimum Gasteiger partial charge on any atom is -0.778 e. The van der Waals surface area contributed by atoms with Gasteiger partial charge < -0.3 is 48.8 Å². The van der Waals surface area contributed by atoms with E-state index < -0.39 is 83.0 Å². The average Bonchev–Trinajstić information content (AvgIpc) is 3.74. The summed E-state index contributed by atoms with van der Waals surface area (Å²) >= 11 is 0. The second-order valence-corrected chi connectivity index (χ2v) is 15.2. The van der Waals surface area contributed by atoms with Gasteiger partial charge in [-0.05, 0) is 37.8 Å². The molecule has 0 radical (unpaired) electrons. The molecule has 266 valence electrons. The van der Waals surface area contributed by atoms with E-state index in [9.17, 15) is 33.6 Å². The maximum atomic E-state index is 12.8. The average molecular weight is 724 g/mol.